The van der Waals surface area contributed by atoms with Gasteiger partial charge in [-0.2, -0.15) is 0 Å². The second-order valence-electron chi connectivity index (χ2n) is 9.39. The highest BCUT2D eigenvalue weighted by atomic mass is 19.1. The molecule has 0 aliphatic heterocycles. The van der Waals surface area contributed by atoms with E-state index in [0.717, 1.165) is 24.8 Å². The summed E-state index contributed by atoms with van der Waals surface area (Å²) in [7, 11) is 0. The molecule has 4 rings (SSSR count). The summed E-state index contributed by atoms with van der Waals surface area (Å²) in [5.74, 6) is -0.377. The second-order valence-corrected chi connectivity index (χ2v) is 9.39. The average molecular weight is 468 g/mol. The van der Waals surface area contributed by atoms with Gasteiger partial charge in [-0.05, 0) is 49.3 Å². The van der Waals surface area contributed by atoms with E-state index < -0.39 is 5.54 Å². The van der Waals surface area contributed by atoms with Gasteiger partial charge in [-0.1, -0.05) is 31.2 Å². The van der Waals surface area contributed by atoms with E-state index in [1.165, 1.54) is 16.8 Å². The van der Waals surface area contributed by atoms with E-state index in [1.807, 2.05) is 4.57 Å². The van der Waals surface area contributed by atoms with Gasteiger partial charge in [0, 0.05) is 18.9 Å². The van der Waals surface area contributed by atoms with Gasteiger partial charge in [-0.25, -0.2) is 14.1 Å². The number of nitrogens with one attached hydrogen (secondary N) is 2. The molecule has 2 heterocycles. The highest BCUT2D eigenvalue weighted by molar-refractivity contribution is 5.92. The summed E-state index contributed by atoms with van der Waals surface area (Å²) in [5.41, 5.74) is 0.578. The normalized spacial score (nSPS) is 15.5. The molecule has 2 amide bonds. The topological polar surface area (TPSA) is 107 Å². The van der Waals surface area contributed by atoms with Crippen LogP contribution in [0, 0.1) is 11.7 Å². The van der Waals surface area contributed by atoms with Gasteiger partial charge >= 0.3 is 0 Å². The molecule has 180 valence electrons. The molecule has 1 aliphatic rings. The van der Waals surface area contributed by atoms with Crippen LogP contribution in [0.2, 0.25) is 0 Å². The van der Waals surface area contributed by atoms with Crippen LogP contribution in [0.5, 0.6) is 0 Å². The van der Waals surface area contributed by atoms with Crippen molar-refractivity contribution in [3.8, 4) is 0 Å². The maximum absolute atomic E-state index is 13.2. The molecule has 1 aromatic carbocycles. The highest BCUT2D eigenvalue weighted by Gasteiger charge is 2.40. The number of hydrogen-bond donors (Lipinski definition) is 2. The van der Waals surface area contributed by atoms with Crippen LogP contribution in [0.1, 0.15) is 61.6 Å². The number of carbonyl (C=O) groups excluding carboxylic acids is 2. The number of aromatic nitrogens is 5. The molecular weight excluding hydrogens is 437 g/mol. The maximum Gasteiger partial charge on any atom is 0.273 e. The molecular formula is C24H30FN7O2. The van der Waals surface area contributed by atoms with Gasteiger partial charge in [0.1, 0.15) is 11.9 Å². The molecule has 9 nitrogen and oxygen atoms in total. The molecule has 1 atom stereocenters. The van der Waals surface area contributed by atoms with Crippen molar-refractivity contribution >= 4 is 11.8 Å². The minimum Gasteiger partial charge on any atom is -0.348 e. The lowest BCUT2D eigenvalue weighted by molar-refractivity contribution is -0.127. The largest absolute Gasteiger partial charge is 0.348 e. The molecule has 0 bridgehead atoms. The van der Waals surface area contributed by atoms with Crippen LogP contribution in [0.25, 0.3) is 0 Å². The quantitative estimate of drug-likeness (QED) is 0.477. The molecule has 1 aliphatic carbocycles. The van der Waals surface area contributed by atoms with E-state index in [2.05, 4.69) is 39.8 Å². The Hall–Kier alpha value is -3.56. The van der Waals surface area contributed by atoms with Crippen LogP contribution < -0.4 is 10.6 Å². The first kappa shape index (κ1) is 23.6. The zero-order valence-electron chi connectivity index (χ0n) is 19.4. The summed E-state index contributed by atoms with van der Waals surface area (Å²) in [6.07, 6.45) is 9.98. The van der Waals surface area contributed by atoms with Gasteiger partial charge in [0.05, 0.1) is 24.6 Å². The van der Waals surface area contributed by atoms with Crippen LogP contribution in [-0.2, 0) is 11.3 Å². The SMILES string of the molecule is CC(C)CC(C(=O)NC1(CNC(=O)c2cn(Cc3ccc(F)cc3)nn2)CCC1)n1ccnc1. The monoisotopic (exact) mass is 467 g/mol. The fraction of sp³-hybridized carbons (Fsp3) is 0.458. The average Bonchev–Trinajstić information content (AvgIpc) is 3.47. The highest BCUT2D eigenvalue weighted by Crippen LogP contribution is 2.32. The summed E-state index contributed by atoms with van der Waals surface area (Å²) in [6.45, 7) is 4.87. The molecule has 1 fully saturated rings. The van der Waals surface area contributed by atoms with Gasteiger partial charge in [-0.3, -0.25) is 9.59 Å². The minimum absolute atomic E-state index is 0.0640. The molecule has 2 aromatic heterocycles. The van der Waals surface area contributed by atoms with Crippen molar-refractivity contribution in [1.29, 1.82) is 0 Å². The van der Waals surface area contributed by atoms with E-state index in [1.54, 1.807) is 37.1 Å². The van der Waals surface area contributed by atoms with Crippen molar-refractivity contribution in [1.82, 2.24) is 35.2 Å². The van der Waals surface area contributed by atoms with Crippen molar-refractivity contribution in [2.24, 2.45) is 5.92 Å². The molecule has 0 spiro atoms. The zero-order valence-corrected chi connectivity index (χ0v) is 19.4. The Morgan fingerprint density at radius 2 is 1.97 bits per heavy atom. The molecule has 0 radical (unpaired) electrons. The predicted molar refractivity (Wildman–Crippen MR) is 123 cm³/mol. The van der Waals surface area contributed by atoms with Crippen molar-refractivity contribution in [3.05, 3.63) is 66.3 Å². The Morgan fingerprint density at radius 1 is 1.21 bits per heavy atom. The summed E-state index contributed by atoms with van der Waals surface area (Å²) in [5, 5.41) is 14.1. The number of hydrogen-bond acceptors (Lipinski definition) is 5. The maximum atomic E-state index is 13.2. The standard InChI is InChI=1S/C24H30FN7O2/c1-17(2)12-21(31-11-10-26-16-31)23(34)28-24(8-3-9-24)15-27-22(33)20-14-32(30-29-20)13-18-4-6-19(25)7-5-18/h4-7,10-11,14,16-17,21H,3,8-9,12-13,15H2,1-2H3,(H,27,33)(H,28,34). The lowest BCUT2D eigenvalue weighted by Gasteiger charge is -2.43. The summed E-state index contributed by atoms with van der Waals surface area (Å²) < 4.78 is 16.4. The summed E-state index contributed by atoms with van der Waals surface area (Å²) in [6, 6.07) is 5.74. The van der Waals surface area contributed by atoms with Gasteiger partial charge in [0.25, 0.3) is 5.91 Å². The van der Waals surface area contributed by atoms with Crippen molar-refractivity contribution in [2.45, 2.75) is 57.7 Å². The Labute approximate surface area is 197 Å². The number of imidazole rings is 1. The van der Waals surface area contributed by atoms with Crippen LogP contribution in [0.15, 0.2) is 49.2 Å². The Bertz CT molecular complexity index is 1100. The van der Waals surface area contributed by atoms with Crippen molar-refractivity contribution < 1.29 is 14.0 Å². The van der Waals surface area contributed by atoms with Crippen LogP contribution >= 0.6 is 0 Å². The van der Waals surface area contributed by atoms with Gasteiger partial charge < -0.3 is 15.2 Å². The molecule has 0 saturated heterocycles. The first-order chi connectivity index (χ1) is 16.3. The van der Waals surface area contributed by atoms with Crippen LogP contribution in [-0.4, -0.2) is 48.4 Å². The Balaban J connectivity index is 1.35. The van der Waals surface area contributed by atoms with E-state index in [-0.39, 0.29) is 29.4 Å². The molecule has 3 aromatic rings. The summed E-state index contributed by atoms with van der Waals surface area (Å²) in [4.78, 5) is 30.0. The lowest BCUT2D eigenvalue weighted by Crippen LogP contribution is -2.61. The number of amides is 2. The second kappa shape index (κ2) is 10.1. The number of carbonyl (C=O) groups is 2. The molecule has 34 heavy (non-hydrogen) atoms. The first-order valence-corrected chi connectivity index (χ1v) is 11.6. The zero-order chi connectivity index (χ0) is 24.1. The van der Waals surface area contributed by atoms with Gasteiger partial charge in [0.2, 0.25) is 5.91 Å². The molecule has 2 N–H and O–H groups in total. The van der Waals surface area contributed by atoms with E-state index in [0.29, 0.717) is 25.4 Å². The smallest absolute Gasteiger partial charge is 0.273 e. The van der Waals surface area contributed by atoms with Gasteiger partial charge in [-0.15, -0.1) is 5.10 Å². The first-order valence-electron chi connectivity index (χ1n) is 11.6. The lowest BCUT2D eigenvalue weighted by atomic mass is 9.76. The fourth-order valence-corrected chi connectivity index (χ4v) is 4.16. The Kier molecular flexibility index (Phi) is 7.04. The van der Waals surface area contributed by atoms with Crippen LogP contribution in [0.3, 0.4) is 0 Å². The van der Waals surface area contributed by atoms with E-state index in [9.17, 15) is 14.0 Å². The third kappa shape index (κ3) is 5.67. The third-order valence-electron chi connectivity index (χ3n) is 6.20. The number of halogens is 1. The third-order valence-corrected chi connectivity index (χ3v) is 6.20. The molecule has 10 heteroatoms. The van der Waals surface area contributed by atoms with Crippen molar-refractivity contribution in [2.75, 3.05) is 6.54 Å². The number of benzene rings is 1. The minimum atomic E-state index is -0.466. The molecule has 1 unspecified atom stereocenters. The van der Waals surface area contributed by atoms with Gasteiger partial charge in [0.15, 0.2) is 5.69 Å². The number of rotatable bonds is 10. The van der Waals surface area contributed by atoms with E-state index in [4.69, 9.17) is 0 Å². The Morgan fingerprint density at radius 3 is 2.59 bits per heavy atom. The fourth-order valence-electron chi connectivity index (χ4n) is 4.16. The predicted octanol–water partition coefficient (Wildman–Crippen LogP) is 2.72. The summed E-state index contributed by atoms with van der Waals surface area (Å²) >= 11 is 0. The van der Waals surface area contributed by atoms with E-state index >= 15 is 0 Å². The number of nitrogens with zero attached hydrogens (tertiary/aromatic N) is 5. The van der Waals surface area contributed by atoms with Crippen LogP contribution in [0.4, 0.5) is 4.39 Å². The van der Waals surface area contributed by atoms with Crippen molar-refractivity contribution in [3.63, 3.8) is 0 Å². The molecule has 1 saturated carbocycles.